The maximum atomic E-state index is 15.0. The topological polar surface area (TPSA) is 164 Å². The summed E-state index contributed by atoms with van der Waals surface area (Å²) < 4.78 is 65.8. The second-order valence-electron chi connectivity index (χ2n) is 9.41. The first-order chi connectivity index (χ1) is 18.8. The van der Waals surface area contributed by atoms with Gasteiger partial charge in [-0.25, -0.2) is 18.1 Å². The predicted octanol–water partition coefficient (Wildman–Crippen LogP) is 3.01. The Bertz CT molecular complexity index is 1490. The van der Waals surface area contributed by atoms with Crippen LogP contribution in [0.3, 0.4) is 0 Å². The minimum absolute atomic E-state index is 0.0653. The Labute approximate surface area is 227 Å². The summed E-state index contributed by atoms with van der Waals surface area (Å²) in [5, 5.41) is 14.3. The number of ether oxygens (including phenoxy) is 2. The zero-order valence-corrected chi connectivity index (χ0v) is 22.7. The fourth-order valence-electron chi connectivity index (χ4n) is 3.94. The van der Waals surface area contributed by atoms with E-state index >= 15 is 8.78 Å². The summed E-state index contributed by atoms with van der Waals surface area (Å²) in [4.78, 5) is 28.0. The Morgan fingerprint density at radius 3 is 2.60 bits per heavy atom. The van der Waals surface area contributed by atoms with Crippen LogP contribution < -0.4 is 21.0 Å². The molecule has 1 aliphatic heterocycles. The normalized spacial score (nSPS) is 22.6. The molecular formula is C25H29F2N4O8P. The molecule has 0 amide bonds. The van der Waals surface area contributed by atoms with Crippen molar-refractivity contribution in [3.63, 3.8) is 0 Å². The van der Waals surface area contributed by atoms with E-state index in [0.29, 0.717) is 4.57 Å². The first-order valence-corrected chi connectivity index (χ1v) is 13.8. The van der Waals surface area contributed by atoms with Crippen LogP contribution >= 0.6 is 7.75 Å². The van der Waals surface area contributed by atoms with Crippen LogP contribution in [0.25, 0.3) is 10.8 Å². The molecular weight excluding hydrogens is 553 g/mol. The molecule has 5 atom stereocenters. The maximum Gasteiger partial charge on any atom is 0.459 e. The molecule has 1 unspecified atom stereocenters. The molecule has 1 saturated heterocycles. The fourth-order valence-corrected chi connectivity index (χ4v) is 5.43. The van der Waals surface area contributed by atoms with Crippen molar-refractivity contribution in [1.82, 2.24) is 14.6 Å². The van der Waals surface area contributed by atoms with Gasteiger partial charge >= 0.3 is 25.3 Å². The predicted molar refractivity (Wildman–Crippen MR) is 140 cm³/mol. The first-order valence-electron chi connectivity index (χ1n) is 12.3. The van der Waals surface area contributed by atoms with Crippen LogP contribution in [-0.2, 0) is 23.4 Å². The second-order valence-corrected chi connectivity index (χ2v) is 11.1. The van der Waals surface area contributed by atoms with Gasteiger partial charge in [0.05, 0.1) is 12.7 Å². The molecule has 0 bridgehead atoms. The number of esters is 1. The number of benzene rings is 2. The zero-order chi connectivity index (χ0) is 29.2. The Morgan fingerprint density at radius 1 is 1.23 bits per heavy atom. The summed E-state index contributed by atoms with van der Waals surface area (Å²) in [7, 11) is -4.55. The van der Waals surface area contributed by atoms with Crippen LogP contribution in [0.2, 0.25) is 0 Å². The van der Waals surface area contributed by atoms with Gasteiger partial charge in [0.25, 0.3) is 0 Å². The number of nitrogens with one attached hydrogen (secondary N) is 1. The monoisotopic (exact) mass is 582 g/mol. The molecule has 1 fully saturated rings. The molecule has 216 valence electrons. The molecule has 0 saturated carbocycles. The molecule has 2 aromatic carbocycles. The highest BCUT2D eigenvalue weighted by atomic mass is 31.2. The third kappa shape index (κ3) is 6.48. The lowest BCUT2D eigenvalue weighted by Crippen LogP contribution is -2.42. The summed E-state index contributed by atoms with van der Waals surface area (Å²) in [6, 6.07) is 11.9. The molecule has 4 rings (SSSR count). The van der Waals surface area contributed by atoms with Gasteiger partial charge in [0.2, 0.25) is 0 Å². The van der Waals surface area contributed by atoms with Crippen molar-refractivity contribution in [1.29, 1.82) is 0 Å². The van der Waals surface area contributed by atoms with E-state index in [1.54, 1.807) is 38.1 Å². The quantitative estimate of drug-likeness (QED) is 0.238. The molecule has 1 aliphatic rings. The van der Waals surface area contributed by atoms with E-state index in [9.17, 15) is 19.3 Å². The van der Waals surface area contributed by atoms with E-state index in [1.165, 1.54) is 19.1 Å². The summed E-state index contributed by atoms with van der Waals surface area (Å²) in [5.41, 5.74) is 4.42. The summed E-state index contributed by atoms with van der Waals surface area (Å²) in [6.45, 7) is 3.53. The third-order valence-electron chi connectivity index (χ3n) is 5.92. The second kappa shape index (κ2) is 11.6. The molecule has 15 heteroatoms. The van der Waals surface area contributed by atoms with Crippen LogP contribution in [-0.4, -0.2) is 57.5 Å². The number of aliphatic hydroxyl groups excluding tert-OH is 1. The molecule has 0 aliphatic carbocycles. The number of alkyl halides is 2. The molecule has 0 spiro atoms. The number of hydrogen-bond acceptors (Lipinski definition) is 10. The number of hydrogen-bond donors (Lipinski definition) is 3. The summed E-state index contributed by atoms with van der Waals surface area (Å²) in [5.74, 6) is -4.81. The van der Waals surface area contributed by atoms with Crippen LogP contribution in [0.4, 0.5) is 14.6 Å². The molecule has 2 heterocycles. The minimum Gasteiger partial charge on any atom is -0.462 e. The van der Waals surface area contributed by atoms with E-state index in [2.05, 4.69) is 10.1 Å². The van der Waals surface area contributed by atoms with E-state index in [-0.39, 0.29) is 11.6 Å². The van der Waals surface area contributed by atoms with Crippen molar-refractivity contribution in [2.24, 2.45) is 0 Å². The van der Waals surface area contributed by atoms with Crippen molar-refractivity contribution in [2.75, 3.05) is 12.3 Å². The number of aromatic nitrogens is 2. The number of halogens is 2. The highest BCUT2D eigenvalue weighted by molar-refractivity contribution is 7.52. The van der Waals surface area contributed by atoms with Gasteiger partial charge in [0.15, 0.2) is 18.4 Å². The van der Waals surface area contributed by atoms with E-state index < -0.39 is 62.5 Å². The average Bonchev–Trinajstić information content (AvgIpc) is 3.10. The fraction of sp³-hybridized carbons (Fsp3) is 0.400. The number of nitrogens with zero attached hydrogens (tertiary/aromatic N) is 2. The molecule has 3 aromatic rings. The SMILES string of the molecule is CC(C)OC(=O)[C@H](C)NP(=O)(OC[C@H]1O[C@@H](n2ccc(N)nc2=O)[C@H](O)C1(F)F)Oc1ccc2ccccc2c1. The van der Waals surface area contributed by atoms with Gasteiger partial charge in [0.1, 0.15) is 17.6 Å². The molecule has 0 radical (unpaired) electrons. The molecule has 40 heavy (non-hydrogen) atoms. The van der Waals surface area contributed by atoms with Crippen molar-refractivity contribution < 1.29 is 41.8 Å². The number of nitrogen functional groups attached to an aromatic ring is 1. The lowest BCUT2D eigenvalue weighted by Gasteiger charge is -2.25. The number of nitrogens with two attached hydrogens (primary N) is 1. The van der Waals surface area contributed by atoms with Gasteiger partial charge in [-0.05, 0) is 49.7 Å². The average molecular weight is 582 g/mol. The Kier molecular flexibility index (Phi) is 8.57. The summed E-state index contributed by atoms with van der Waals surface area (Å²) >= 11 is 0. The first kappa shape index (κ1) is 29.6. The number of carbonyl (C=O) groups is 1. The van der Waals surface area contributed by atoms with Gasteiger partial charge in [-0.15, -0.1) is 0 Å². The van der Waals surface area contributed by atoms with E-state index in [4.69, 9.17) is 24.3 Å². The number of anilines is 1. The highest BCUT2D eigenvalue weighted by Crippen LogP contribution is 2.48. The van der Waals surface area contributed by atoms with E-state index in [0.717, 1.165) is 17.0 Å². The minimum atomic E-state index is -4.55. The Balaban J connectivity index is 1.57. The largest absolute Gasteiger partial charge is 0.462 e. The lowest BCUT2D eigenvalue weighted by molar-refractivity contribution is -0.149. The van der Waals surface area contributed by atoms with Crippen molar-refractivity contribution in [3.8, 4) is 5.75 Å². The van der Waals surface area contributed by atoms with Crippen molar-refractivity contribution in [2.45, 2.75) is 57.3 Å². The van der Waals surface area contributed by atoms with Gasteiger partial charge < -0.3 is 24.8 Å². The maximum absolute atomic E-state index is 15.0. The number of aliphatic hydroxyl groups is 1. The standard InChI is InChI=1S/C25H29F2N4O8P/c1-14(2)37-23(33)15(3)30-40(35,39-18-9-8-16-6-4-5-7-17(16)12-18)36-13-19-25(26,27)21(32)22(38-19)31-11-10-20(28)29-24(31)34/h4-12,14-15,19,21-22,32H,13H2,1-3H3,(H,30,35)(H2,28,29,34)/t15-,19+,21-,22+,40?/m0/s1. The number of rotatable bonds is 10. The zero-order valence-electron chi connectivity index (χ0n) is 21.8. The Hall–Kier alpha value is -3.42. The smallest absolute Gasteiger partial charge is 0.459 e. The molecule has 4 N–H and O–H groups in total. The summed E-state index contributed by atoms with van der Waals surface area (Å²) in [6.07, 6.45) is -5.90. The molecule has 12 nitrogen and oxygen atoms in total. The number of fused-ring (bicyclic) bond motifs is 1. The van der Waals surface area contributed by atoms with Gasteiger partial charge in [-0.3, -0.25) is 13.9 Å². The van der Waals surface area contributed by atoms with Crippen molar-refractivity contribution >= 4 is 30.3 Å². The van der Waals surface area contributed by atoms with Crippen LogP contribution in [0, 0.1) is 0 Å². The molecule has 1 aromatic heterocycles. The Morgan fingerprint density at radius 2 is 1.93 bits per heavy atom. The van der Waals surface area contributed by atoms with Gasteiger partial charge in [0, 0.05) is 6.20 Å². The highest BCUT2D eigenvalue weighted by Gasteiger charge is 2.60. The van der Waals surface area contributed by atoms with E-state index in [1.807, 2.05) is 12.1 Å². The number of carbonyl (C=O) groups excluding carboxylic acids is 1. The van der Waals surface area contributed by atoms with Crippen LogP contribution in [0.5, 0.6) is 5.75 Å². The third-order valence-corrected chi connectivity index (χ3v) is 7.57. The van der Waals surface area contributed by atoms with Gasteiger partial charge in [-0.2, -0.15) is 10.1 Å². The van der Waals surface area contributed by atoms with Crippen LogP contribution in [0.1, 0.15) is 27.0 Å². The van der Waals surface area contributed by atoms with Crippen molar-refractivity contribution in [3.05, 3.63) is 65.2 Å². The lowest BCUT2D eigenvalue weighted by atomic mass is 10.1. The van der Waals surface area contributed by atoms with Gasteiger partial charge in [-0.1, -0.05) is 30.3 Å². The van der Waals surface area contributed by atoms with Crippen LogP contribution in [0.15, 0.2) is 59.5 Å².